The maximum atomic E-state index is 12.6. The van der Waals surface area contributed by atoms with Crippen molar-refractivity contribution < 1.29 is 9.53 Å². The van der Waals surface area contributed by atoms with Crippen LogP contribution in [0.5, 0.6) is 5.75 Å². The van der Waals surface area contributed by atoms with E-state index in [1.807, 2.05) is 42.8 Å². The summed E-state index contributed by atoms with van der Waals surface area (Å²) in [5, 5.41) is 0.740. The number of benzene rings is 2. The first kappa shape index (κ1) is 21.2. The zero-order valence-electron chi connectivity index (χ0n) is 19.7. The van der Waals surface area contributed by atoms with Crippen molar-refractivity contribution in [3.05, 3.63) is 66.1 Å². The van der Waals surface area contributed by atoms with Gasteiger partial charge in [-0.05, 0) is 36.2 Å². The number of para-hydroxylation sites is 2. The number of esters is 1. The molecule has 0 bridgehead atoms. The molecule has 0 spiro atoms. The lowest BCUT2D eigenvalue weighted by Gasteiger charge is -2.12. The van der Waals surface area contributed by atoms with Crippen LogP contribution < -0.4 is 4.74 Å². The van der Waals surface area contributed by atoms with Gasteiger partial charge in [0.1, 0.15) is 11.2 Å². The highest BCUT2D eigenvalue weighted by molar-refractivity contribution is 6.01. The lowest BCUT2D eigenvalue weighted by molar-refractivity contribution is -0.137. The summed E-state index contributed by atoms with van der Waals surface area (Å²) in [6, 6.07) is 16.4. The number of fused-ring (bicyclic) bond motifs is 5. The van der Waals surface area contributed by atoms with E-state index in [9.17, 15) is 4.79 Å². The molecule has 33 heavy (non-hydrogen) atoms. The van der Waals surface area contributed by atoms with E-state index in [2.05, 4.69) is 55.5 Å². The van der Waals surface area contributed by atoms with Crippen molar-refractivity contribution in [2.75, 3.05) is 0 Å². The summed E-state index contributed by atoms with van der Waals surface area (Å²) in [4.78, 5) is 22.7. The first-order chi connectivity index (χ1) is 15.9. The summed E-state index contributed by atoms with van der Waals surface area (Å²) in [5.74, 6) is 1.04. The Bertz CT molecular complexity index is 1490. The highest BCUT2D eigenvalue weighted by Gasteiger charge is 2.24. The smallest absolute Gasteiger partial charge is 0.313 e. The molecule has 168 valence electrons. The number of rotatable bonds is 5. The van der Waals surface area contributed by atoms with Crippen molar-refractivity contribution in [1.29, 1.82) is 0 Å². The fraction of sp³-hybridized carbons (Fsp3) is 0.296. The maximum Gasteiger partial charge on any atom is 0.313 e. The normalized spacial score (nSPS) is 12.0. The Kier molecular flexibility index (Phi) is 5.16. The molecular formula is C27H28N4O2. The molecular weight excluding hydrogens is 412 g/mol. The van der Waals surface area contributed by atoms with E-state index in [1.165, 1.54) is 5.56 Å². The molecule has 0 radical (unpaired) electrons. The molecule has 0 aliphatic carbocycles. The molecule has 5 aromatic rings. The predicted octanol–water partition coefficient (Wildman–Crippen LogP) is 6.07. The van der Waals surface area contributed by atoms with Crippen LogP contribution >= 0.6 is 0 Å². The molecule has 0 fully saturated rings. The number of carbonyl (C=O) groups excluding carboxylic acids is 1. The molecule has 6 heteroatoms. The van der Waals surface area contributed by atoms with Gasteiger partial charge in [0.25, 0.3) is 0 Å². The van der Waals surface area contributed by atoms with Crippen LogP contribution in [0.25, 0.3) is 33.4 Å². The maximum absolute atomic E-state index is 12.6. The molecule has 0 N–H and O–H groups in total. The minimum absolute atomic E-state index is 0.169. The third kappa shape index (κ3) is 3.46. The molecule has 5 rings (SSSR count). The van der Waals surface area contributed by atoms with Gasteiger partial charge in [-0.2, -0.15) is 0 Å². The Morgan fingerprint density at radius 1 is 0.970 bits per heavy atom. The molecule has 6 nitrogen and oxygen atoms in total. The minimum Gasteiger partial charge on any atom is -0.424 e. The first-order valence-electron chi connectivity index (χ1n) is 11.5. The van der Waals surface area contributed by atoms with Crippen LogP contribution in [0.4, 0.5) is 0 Å². The monoisotopic (exact) mass is 440 g/mol. The lowest BCUT2D eigenvalue weighted by atomic mass is 10.1. The molecule has 0 amide bonds. The molecule has 3 aromatic heterocycles. The van der Waals surface area contributed by atoms with E-state index in [4.69, 9.17) is 14.7 Å². The number of aromatic nitrogens is 4. The Labute approximate surface area is 192 Å². The third-order valence-corrected chi connectivity index (χ3v) is 6.00. The van der Waals surface area contributed by atoms with Crippen molar-refractivity contribution >= 4 is 33.7 Å². The van der Waals surface area contributed by atoms with Crippen molar-refractivity contribution in [3.8, 4) is 11.4 Å². The zero-order valence-corrected chi connectivity index (χ0v) is 19.7. The van der Waals surface area contributed by atoms with Gasteiger partial charge < -0.3 is 4.74 Å². The van der Waals surface area contributed by atoms with Gasteiger partial charge in [0, 0.05) is 11.6 Å². The van der Waals surface area contributed by atoms with Gasteiger partial charge >= 0.3 is 5.97 Å². The second-order valence-electron chi connectivity index (χ2n) is 9.04. The predicted molar refractivity (Wildman–Crippen MR) is 131 cm³/mol. The molecule has 0 saturated carbocycles. The SMILES string of the molecule is CCc1ccc(-n2cc(OC(=O)C(C)C)c3c2nc(C(C)C)n2c4ccccc4nc32)cc1. The molecule has 0 unspecified atom stereocenters. The fourth-order valence-corrected chi connectivity index (χ4v) is 4.16. The van der Waals surface area contributed by atoms with Crippen molar-refractivity contribution in [2.24, 2.45) is 5.92 Å². The highest BCUT2D eigenvalue weighted by Crippen LogP contribution is 2.36. The van der Waals surface area contributed by atoms with Gasteiger partial charge in [-0.25, -0.2) is 9.97 Å². The van der Waals surface area contributed by atoms with Crippen LogP contribution in [0, 0.1) is 5.92 Å². The molecule has 0 saturated heterocycles. The Balaban J connectivity index is 1.89. The quantitative estimate of drug-likeness (QED) is 0.311. The van der Waals surface area contributed by atoms with Gasteiger partial charge in [0.2, 0.25) is 0 Å². The van der Waals surface area contributed by atoms with Crippen LogP contribution in [0.15, 0.2) is 54.7 Å². The van der Waals surface area contributed by atoms with Crippen molar-refractivity contribution in [3.63, 3.8) is 0 Å². The molecule has 3 heterocycles. The number of imidazole rings is 1. The van der Waals surface area contributed by atoms with E-state index in [-0.39, 0.29) is 17.8 Å². The third-order valence-electron chi connectivity index (χ3n) is 6.00. The number of hydrogen-bond acceptors (Lipinski definition) is 4. The summed E-state index contributed by atoms with van der Waals surface area (Å²) >= 11 is 0. The molecule has 0 aliphatic heterocycles. The minimum atomic E-state index is -0.280. The van der Waals surface area contributed by atoms with Crippen molar-refractivity contribution in [1.82, 2.24) is 18.9 Å². The van der Waals surface area contributed by atoms with Gasteiger partial charge in [0.05, 0.1) is 23.1 Å². The fourth-order valence-electron chi connectivity index (χ4n) is 4.16. The van der Waals surface area contributed by atoms with E-state index in [0.29, 0.717) is 5.75 Å². The van der Waals surface area contributed by atoms with E-state index >= 15 is 0 Å². The largest absolute Gasteiger partial charge is 0.424 e. The summed E-state index contributed by atoms with van der Waals surface area (Å²) in [7, 11) is 0. The summed E-state index contributed by atoms with van der Waals surface area (Å²) in [6.07, 6.45) is 2.84. The van der Waals surface area contributed by atoms with E-state index < -0.39 is 0 Å². The number of carbonyl (C=O) groups is 1. The second-order valence-corrected chi connectivity index (χ2v) is 9.04. The topological polar surface area (TPSA) is 61.4 Å². The Hall–Kier alpha value is -3.67. The van der Waals surface area contributed by atoms with E-state index in [1.54, 1.807) is 0 Å². The van der Waals surface area contributed by atoms with Crippen LogP contribution in [0.2, 0.25) is 0 Å². The standard InChI is InChI=1S/C27H28N4O2/c1-6-18-11-13-19(14-12-18)30-15-22(33-27(32)17(4)5)23-25(30)29-24(16(2)3)31-21-10-8-7-9-20(21)28-26(23)31/h7-17H,6H2,1-5H3. The summed E-state index contributed by atoms with van der Waals surface area (Å²) in [6.45, 7) is 10.1. The van der Waals surface area contributed by atoms with Gasteiger partial charge in [-0.1, -0.05) is 58.9 Å². The van der Waals surface area contributed by atoms with Gasteiger partial charge in [-0.3, -0.25) is 13.8 Å². The van der Waals surface area contributed by atoms with Crippen molar-refractivity contribution in [2.45, 2.75) is 47.0 Å². The summed E-state index contributed by atoms with van der Waals surface area (Å²) < 4.78 is 9.99. The number of aryl methyl sites for hydroxylation is 1. The Morgan fingerprint density at radius 2 is 1.70 bits per heavy atom. The van der Waals surface area contributed by atoms with Crippen LogP contribution in [0.3, 0.4) is 0 Å². The summed E-state index contributed by atoms with van der Waals surface area (Å²) in [5.41, 5.74) is 5.59. The molecule has 2 aromatic carbocycles. The number of ether oxygens (including phenoxy) is 1. The lowest BCUT2D eigenvalue weighted by Crippen LogP contribution is -2.14. The highest BCUT2D eigenvalue weighted by atomic mass is 16.5. The van der Waals surface area contributed by atoms with Crippen LogP contribution in [-0.2, 0) is 11.2 Å². The van der Waals surface area contributed by atoms with Crippen LogP contribution in [0.1, 0.15) is 51.9 Å². The Morgan fingerprint density at radius 3 is 2.36 bits per heavy atom. The van der Waals surface area contributed by atoms with Gasteiger partial charge in [0.15, 0.2) is 17.0 Å². The average molecular weight is 441 g/mol. The zero-order chi connectivity index (χ0) is 23.3. The second kappa shape index (κ2) is 8.03. The average Bonchev–Trinajstić information content (AvgIpc) is 3.37. The molecule has 0 aliphatic rings. The van der Waals surface area contributed by atoms with Crippen LogP contribution in [-0.4, -0.2) is 24.9 Å². The van der Waals surface area contributed by atoms with Gasteiger partial charge in [-0.15, -0.1) is 0 Å². The number of hydrogen-bond donors (Lipinski definition) is 0. The molecule has 0 atom stereocenters. The van der Waals surface area contributed by atoms with E-state index in [0.717, 1.165) is 45.6 Å². The first-order valence-corrected chi connectivity index (χ1v) is 11.5. The number of nitrogens with zero attached hydrogens (tertiary/aromatic N) is 4.